The van der Waals surface area contributed by atoms with Gasteiger partial charge in [0, 0.05) is 12.7 Å². The van der Waals surface area contributed by atoms with Gasteiger partial charge in [0.25, 0.3) is 0 Å². The lowest BCUT2D eigenvalue weighted by Gasteiger charge is -2.18. The van der Waals surface area contributed by atoms with Crippen molar-refractivity contribution in [2.45, 2.75) is 20.0 Å². The van der Waals surface area contributed by atoms with E-state index in [2.05, 4.69) is 9.97 Å². The molecule has 0 bridgehead atoms. The Hall–Kier alpha value is -3.15. The molecule has 6 nitrogen and oxygen atoms in total. The molecule has 3 aromatic rings. The fourth-order valence-corrected chi connectivity index (χ4v) is 3.28. The van der Waals surface area contributed by atoms with Crippen molar-refractivity contribution in [2.24, 2.45) is 0 Å². The summed E-state index contributed by atoms with van der Waals surface area (Å²) in [7, 11) is 0. The topological polar surface area (TPSA) is 78.0 Å². The standard InChI is InChI=1S/C19H19N5O/c1-2-24-15-9-4-3-8-14(15)22-19(24)17-16(25)12-23(18(17)20)11-13-7-5-6-10-21-13/h3-10,20,25H,2,11-12H2,1H3. The van der Waals surface area contributed by atoms with Crippen molar-refractivity contribution in [1.82, 2.24) is 19.4 Å². The van der Waals surface area contributed by atoms with Crippen LogP contribution in [0, 0.1) is 5.41 Å². The molecule has 1 aliphatic heterocycles. The molecule has 0 amide bonds. The number of para-hydroxylation sites is 2. The molecule has 0 saturated heterocycles. The zero-order chi connectivity index (χ0) is 17.4. The van der Waals surface area contributed by atoms with E-state index in [1.807, 2.05) is 58.9 Å². The molecular formula is C19H19N5O. The second-order valence-electron chi connectivity index (χ2n) is 6.02. The molecule has 0 fully saturated rings. The molecule has 1 aliphatic rings. The third-order valence-corrected chi connectivity index (χ3v) is 4.46. The summed E-state index contributed by atoms with van der Waals surface area (Å²) < 4.78 is 2.04. The van der Waals surface area contributed by atoms with Crippen LogP contribution in [-0.2, 0) is 13.1 Å². The zero-order valence-electron chi connectivity index (χ0n) is 14.0. The maximum Gasteiger partial charge on any atom is 0.148 e. The fourth-order valence-electron chi connectivity index (χ4n) is 3.28. The Balaban J connectivity index is 1.71. The van der Waals surface area contributed by atoms with Crippen LogP contribution in [0.2, 0.25) is 0 Å². The molecule has 0 saturated carbocycles. The van der Waals surface area contributed by atoms with Gasteiger partial charge in [0.15, 0.2) is 0 Å². The van der Waals surface area contributed by atoms with E-state index in [9.17, 15) is 5.11 Å². The average Bonchev–Trinajstić information content (AvgIpc) is 3.12. The van der Waals surface area contributed by atoms with Crippen LogP contribution in [0.1, 0.15) is 18.4 Å². The van der Waals surface area contributed by atoms with E-state index in [1.54, 1.807) is 6.20 Å². The number of nitrogens with zero attached hydrogens (tertiary/aromatic N) is 4. The molecule has 3 heterocycles. The highest BCUT2D eigenvalue weighted by molar-refractivity contribution is 6.23. The molecule has 0 unspecified atom stereocenters. The van der Waals surface area contributed by atoms with Gasteiger partial charge in [0.1, 0.15) is 17.4 Å². The van der Waals surface area contributed by atoms with Crippen molar-refractivity contribution in [1.29, 1.82) is 5.41 Å². The SMILES string of the molecule is CCn1c(C2=C(O)CN(Cc3ccccn3)C2=N)nc2ccccc21. The normalized spacial score (nSPS) is 14.8. The molecule has 1 aromatic carbocycles. The van der Waals surface area contributed by atoms with E-state index in [0.717, 1.165) is 23.3 Å². The van der Waals surface area contributed by atoms with E-state index in [-0.39, 0.29) is 11.6 Å². The highest BCUT2D eigenvalue weighted by atomic mass is 16.3. The molecule has 126 valence electrons. The van der Waals surface area contributed by atoms with E-state index in [0.29, 0.717) is 24.5 Å². The number of rotatable bonds is 4. The first kappa shape index (κ1) is 15.4. The van der Waals surface area contributed by atoms with Crippen LogP contribution in [0.15, 0.2) is 54.4 Å². The van der Waals surface area contributed by atoms with Crippen molar-refractivity contribution in [2.75, 3.05) is 6.54 Å². The van der Waals surface area contributed by atoms with E-state index < -0.39 is 0 Å². The van der Waals surface area contributed by atoms with Gasteiger partial charge in [-0.2, -0.15) is 0 Å². The summed E-state index contributed by atoms with van der Waals surface area (Å²) >= 11 is 0. The van der Waals surface area contributed by atoms with E-state index in [4.69, 9.17) is 5.41 Å². The number of nitrogens with one attached hydrogen (secondary N) is 1. The summed E-state index contributed by atoms with van der Waals surface area (Å²) in [5.74, 6) is 1.12. The van der Waals surface area contributed by atoms with Crippen LogP contribution in [0.3, 0.4) is 0 Å². The van der Waals surface area contributed by atoms with Crippen molar-refractivity contribution in [3.63, 3.8) is 0 Å². The molecule has 4 rings (SSSR count). The number of aliphatic hydroxyl groups excluding tert-OH is 1. The lowest BCUT2D eigenvalue weighted by molar-refractivity contribution is 0.345. The molecule has 2 N–H and O–H groups in total. The van der Waals surface area contributed by atoms with Crippen LogP contribution in [-0.4, -0.2) is 36.9 Å². The first-order valence-corrected chi connectivity index (χ1v) is 8.30. The maximum atomic E-state index is 10.5. The molecule has 0 radical (unpaired) electrons. The lowest BCUT2D eigenvalue weighted by Crippen LogP contribution is -2.26. The number of hydrogen-bond acceptors (Lipinski definition) is 4. The smallest absolute Gasteiger partial charge is 0.148 e. The minimum atomic E-state index is 0.186. The summed E-state index contributed by atoms with van der Waals surface area (Å²) in [4.78, 5) is 10.8. The van der Waals surface area contributed by atoms with Gasteiger partial charge in [-0.1, -0.05) is 18.2 Å². The number of aromatic nitrogens is 3. The number of hydrogen-bond donors (Lipinski definition) is 2. The zero-order valence-corrected chi connectivity index (χ0v) is 14.0. The van der Waals surface area contributed by atoms with Gasteiger partial charge < -0.3 is 14.6 Å². The summed E-state index contributed by atoms with van der Waals surface area (Å²) in [5.41, 5.74) is 3.26. The molecule has 0 spiro atoms. The Morgan fingerprint density at radius 3 is 2.72 bits per heavy atom. The summed E-state index contributed by atoms with van der Waals surface area (Å²) in [6, 6.07) is 13.6. The monoisotopic (exact) mass is 333 g/mol. The number of amidine groups is 1. The Morgan fingerprint density at radius 2 is 1.96 bits per heavy atom. The predicted molar refractivity (Wildman–Crippen MR) is 97.3 cm³/mol. The third-order valence-electron chi connectivity index (χ3n) is 4.46. The summed E-state index contributed by atoms with van der Waals surface area (Å²) in [6.07, 6.45) is 1.74. The van der Waals surface area contributed by atoms with E-state index in [1.165, 1.54) is 0 Å². The number of pyridine rings is 1. The van der Waals surface area contributed by atoms with Gasteiger partial charge in [-0.25, -0.2) is 4.98 Å². The number of aryl methyl sites for hydroxylation is 1. The first-order chi connectivity index (χ1) is 12.2. The Bertz CT molecular complexity index is 974. The van der Waals surface area contributed by atoms with Crippen LogP contribution < -0.4 is 0 Å². The minimum Gasteiger partial charge on any atom is -0.510 e. The minimum absolute atomic E-state index is 0.186. The number of benzene rings is 1. The number of fused-ring (bicyclic) bond motifs is 1. The van der Waals surface area contributed by atoms with Crippen LogP contribution in [0.25, 0.3) is 16.6 Å². The van der Waals surface area contributed by atoms with Crippen LogP contribution in [0.5, 0.6) is 0 Å². The van der Waals surface area contributed by atoms with Gasteiger partial charge in [0.2, 0.25) is 0 Å². The average molecular weight is 333 g/mol. The van der Waals surface area contributed by atoms with Gasteiger partial charge in [0.05, 0.1) is 35.4 Å². The van der Waals surface area contributed by atoms with Crippen molar-refractivity contribution in [3.8, 4) is 0 Å². The quantitative estimate of drug-likeness (QED) is 0.768. The molecule has 2 aromatic heterocycles. The lowest BCUT2D eigenvalue weighted by atomic mass is 10.2. The van der Waals surface area contributed by atoms with Gasteiger partial charge in [-0.3, -0.25) is 10.4 Å². The van der Waals surface area contributed by atoms with Crippen LogP contribution >= 0.6 is 0 Å². The van der Waals surface area contributed by atoms with Gasteiger partial charge in [-0.15, -0.1) is 0 Å². The number of imidazole rings is 1. The summed E-state index contributed by atoms with van der Waals surface area (Å²) in [6.45, 7) is 3.55. The second kappa shape index (κ2) is 6.05. The van der Waals surface area contributed by atoms with Crippen molar-refractivity contribution < 1.29 is 5.11 Å². The fraction of sp³-hybridized carbons (Fsp3) is 0.211. The molecule has 0 atom stereocenters. The predicted octanol–water partition coefficient (Wildman–Crippen LogP) is 3.21. The highest BCUT2D eigenvalue weighted by Gasteiger charge is 2.31. The molecule has 6 heteroatoms. The summed E-state index contributed by atoms with van der Waals surface area (Å²) in [5, 5.41) is 19.1. The molecule has 25 heavy (non-hydrogen) atoms. The first-order valence-electron chi connectivity index (χ1n) is 8.30. The second-order valence-corrected chi connectivity index (χ2v) is 6.02. The van der Waals surface area contributed by atoms with Crippen molar-refractivity contribution >= 4 is 22.4 Å². The van der Waals surface area contributed by atoms with Gasteiger partial charge in [-0.05, 0) is 31.2 Å². The van der Waals surface area contributed by atoms with Gasteiger partial charge >= 0.3 is 0 Å². The number of aliphatic hydroxyl groups is 1. The third kappa shape index (κ3) is 2.55. The van der Waals surface area contributed by atoms with Crippen LogP contribution in [0.4, 0.5) is 0 Å². The Morgan fingerprint density at radius 1 is 1.16 bits per heavy atom. The highest BCUT2D eigenvalue weighted by Crippen LogP contribution is 2.30. The van der Waals surface area contributed by atoms with E-state index >= 15 is 0 Å². The van der Waals surface area contributed by atoms with Crippen molar-refractivity contribution in [3.05, 3.63) is 65.9 Å². The Labute approximate surface area is 145 Å². The largest absolute Gasteiger partial charge is 0.510 e. The molecular weight excluding hydrogens is 314 g/mol. The maximum absolute atomic E-state index is 10.5. The molecule has 0 aliphatic carbocycles. The Kier molecular flexibility index (Phi) is 3.72.